The maximum atomic E-state index is 12.3. The molecule has 1 aromatic carbocycles. The molecule has 1 aliphatic rings. The molecular formula is C14H18Cl2N2O. The number of benzene rings is 1. The van der Waals surface area contributed by atoms with Crippen LogP contribution in [0.15, 0.2) is 18.2 Å². The Bertz CT molecular complexity index is 459. The molecule has 0 unspecified atom stereocenters. The third kappa shape index (κ3) is 3.85. The number of hydrogen-bond acceptors (Lipinski definition) is 2. The summed E-state index contributed by atoms with van der Waals surface area (Å²) in [5.74, 6) is 0.267. The second-order valence-corrected chi connectivity index (χ2v) is 5.82. The lowest BCUT2D eigenvalue weighted by Gasteiger charge is -2.27. The monoisotopic (exact) mass is 300 g/mol. The highest BCUT2D eigenvalue weighted by Gasteiger charge is 2.24. The zero-order valence-corrected chi connectivity index (χ0v) is 12.5. The van der Waals surface area contributed by atoms with Gasteiger partial charge in [-0.25, -0.2) is 0 Å². The van der Waals surface area contributed by atoms with Gasteiger partial charge >= 0.3 is 0 Å². The Morgan fingerprint density at radius 1 is 1.47 bits per heavy atom. The van der Waals surface area contributed by atoms with E-state index in [0.29, 0.717) is 16.6 Å². The molecule has 1 aliphatic heterocycles. The molecule has 1 aromatic rings. The minimum absolute atomic E-state index is 0.0878. The van der Waals surface area contributed by atoms with Crippen LogP contribution >= 0.6 is 23.2 Å². The molecule has 1 heterocycles. The fourth-order valence-corrected chi connectivity index (χ4v) is 2.83. The van der Waals surface area contributed by atoms with E-state index in [0.717, 1.165) is 31.5 Å². The summed E-state index contributed by atoms with van der Waals surface area (Å²) >= 11 is 12.0. The van der Waals surface area contributed by atoms with E-state index < -0.39 is 0 Å². The van der Waals surface area contributed by atoms with Crippen LogP contribution in [-0.4, -0.2) is 30.9 Å². The van der Waals surface area contributed by atoms with Crippen LogP contribution in [0.3, 0.4) is 0 Å². The van der Waals surface area contributed by atoms with Crippen molar-refractivity contribution in [3.63, 3.8) is 0 Å². The molecule has 104 valence electrons. The van der Waals surface area contributed by atoms with E-state index in [1.807, 2.05) is 13.1 Å². The number of hydrogen-bond donors (Lipinski definition) is 1. The van der Waals surface area contributed by atoms with Gasteiger partial charge < -0.3 is 10.2 Å². The fraction of sp³-hybridized carbons (Fsp3) is 0.500. The third-order valence-corrected chi connectivity index (χ3v) is 4.03. The van der Waals surface area contributed by atoms with Crippen LogP contribution in [0.5, 0.6) is 0 Å². The molecule has 0 aliphatic carbocycles. The van der Waals surface area contributed by atoms with E-state index in [1.165, 1.54) is 0 Å². The Kier molecular flexibility index (Phi) is 5.08. The van der Waals surface area contributed by atoms with Crippen molar-refractivity contribution in [2.24, 2.45) is 5.92 Å². The summed E-state index contributed by atoms with van der Waals surface area (Å²) < 4.78 is 0. The Labute approximate surface area is 123 Å². The lowest BCUT2D eigenvalue weighted by molar-refractivity contribution is -0.135. The van der Waals surface area contributed by atoms with Crippen LogP contribution in [0, 0.1) is 5.92 Å². The minimum atomic E-state index is 0.0878. The Hall–Kier alpha value is -0.770. The molecule has 1 amide bonds. The van der Waals surface area contributed by atoms with Crippen molar-refractivity contribution < 1.29 is 4.79 Å². The summed E-state index contributed by atoms with van der Waals surface area (Å²) in [5, 5.41) is 4.48. The lowest BCUT2D eigenvalue weighted by Crippen LogP contribution is -2.41. The van der Waals surface area contributed by atoms with Gasteiger partial charge in [-0.3, -0.25) is 4.79 Å². The van der Waals surface area contributed by atoms with Crippen LogP contribution < -0.4 is 5.32 Å². The number of carbonyl (C=O) groups is 1. The lowest BCUT2D eigenvalue weighted by atomic mass is 9.98. The molecule has 2 rings (SSSR count). The number of amides is 1. The van der Waals surface area contributed by atoms with Gasteiger partial charge in [0.2, 0.25) is 5.91 Å². The van der Waals surface area contributed by atoms with Gasteiger partial charge in [0.25, 0.3) is 0 Å². The second-order valence-electron chi connectivity index (χ2n) is 4.97. The molecule has 0 aromatic heterocycles. The van der Waals surface area contributed by atoms with Crippen molar-refractivity contribution in [1.82, 2.24) is 10.2 Å². The highest BCUT2D eigenvalue weighted by atomic mass is 35.5. The molecule has 5 heteroatoms. The molecule has 19 heavy (non-hydrogen) atoms. The maximum absolute atomic E-state index is 12.3. The van der Waals surface area contributed by atoms with Gasteiger partial charge in [-0.15, -0.1) is 0 Å². The maximum Gasteiger partial charge on any atom is 0.227 e. The van der Waals surface area contributed by atoms with E-state index in [-0.39, 0.29) is 11.8 Å². The Morgan fingerprint density at radius 2 is 2.26 bits per heavy atom. The summed E-state index contributed by atoms with van der Waals surface area (Å²) in [6.07, 6.45) is 2.02. The van der Waals surface area contributed by atoms with E-state index in [2.05, 4.69) is 5.32 Å². The first-order valence-corrected chi connectivity index (χ1v) is 7.23. The van der Waals surface area contributed by atoms with Gasteiger partial charge in [0.15, 0.2) is 0 Å². The van der Waals surface area contributed by atoms with E-state index in [9.17, 15) is 4.79 Å². The number of halogens is 2. The first-order valence-electron chi connectivity index (χ1n) is 6.47. The predicted octanol–water partition coefficient (Wildman–Crippen LogP) is 2.95. The first-order chi connectivity index (χ1) is 9.08. The smallest absolute Gasteiger partial charge is 0.227 e. The number of nitrogens with zero attached hydrogens (tertiary/aromatic N) is 1. The average molecular weight is 301 g/mol. The molecule has 3 nitrogen and oxygen atoms in total. The third-order valence-electron chi connectivity index (χ3n) is 3.44. The van der Waals surface area contributed by atoms with Crippen LogP contribution in [0.25, 0.3) is 0 Å². The van der Waals surface area contributed by atoms with Crippen molar-refractivity contribution in [2.45, 2.75) is 19.4 Å². The summed E-state index contributed by atoms with van der Waals surface area (Å²) in [7, 11) is 1.82. The molecule has 1 atom stereocenters. The van der Waals surface area contributed by atoms with Crippen molar-refractivity contribution in [3.05, 3.63) is 33.8 Å². The topological polar surface area (TPSA) is 32.3 Å². The van der Waals surface area contributed by atoms with Gasteiger partial charge in [0, 0.05) is 30.2 Å². The number of piperidine rings is 1. The quantitative estimate of drug-likeness (QED) is 0.931. The van der Waals surface area contributed by atoms with E-state index in [4.69, 9.17) is 23.2 Å². The highest BCUT2D eigenvalue weighted by molar-refractivity contribution is 6.35. The van der Waals surface area contributed by atoms with Crippen molar-refractivity contribution >= 4 is 29.1 Å². The molecule has 1 N–H and O–H groups in total. The van der Waals surface area contributed by atoms with Crippen LogP contribution in [-0.2, 0) is 11.3 Å². The summed E-state index contributed by atoms with van der Waals surface area (Å²) in [6.45, 7) is 2.30. The van der Waals surface area contributed by atoms with Gasteiger partial charge in [0.05, 0.1) is 5.92 Å². The largest absolute Gasteiger partial charge is 0.341 e. The van der Waals surface area contributed by atoms with E-state index >= 15 is 0 Å². The van der Waals surface area contributed by atoms with Gasteiger partial charge in [-0.1, -0.05) is 29.3 Å². The SMILES string of the molecule is CN(Cc1ccc(Cl)cc1Cl)C(=O)[C@H]1CCCNC1. The number of carbonyl (C=O) groups excluding carboxylic acids is 1. The molecule has 1 fully saturated rings. The molecule has 0 spiro atoms. The molecule has 0 bridgehead atoms. The van der Waals surface area contributed by atoms with Crippen molar-refractivity contribution in [3.8, 4) is 0 Å². The molecule has 0 saturated carbocycles. The van der Waals surface area contributed by atoms with E-state index in [1.54, 1.807) is 17.0 Å². The summed E-state index contributed by atoms with van der Waals surface area (Å²) in [4.78, 5) is 14.0. The van der Waals surface area contributed by atoms with Gasteiger partial charge in [-0.2, -0.15) is 0 Å². The van der Waals surface area contributed by atoms with Gasteiger partial charge in [0.1, 0.15) is 0 Å². The number of rotatable bonds is 3. The minimum Gasteiger partial charge on any atom is -0.341 e. The van der Waals surface area contributed by atoms with Crippen molar-refractivity contribution in [1.29, 1.82) is 0 Å². The van der Waals surface area contributed by atoms with Crippen LogP contribution in [0.4, 0.5) is 0 Å². The fourth-order valence-electron chi connectivity index (χ4n) is 2.36. The Morgan fingerprint density at radius 3 is 2.89 bits per heavy atom. The zero-order valence-electron chi connectivity index (χ0n) is 11.0. The molecular weight excluding hydrogens is 283 g/mol. The van der Waals surface area contributed by atoms with Crippen LogP contribution in [0.1, 0.15) is 18.4 Å². The predicted molar refractivity (Wildman–Crippen MR) is 78.5 cm³/mol. The second kappa shape index (κ2) is 6.60. The Balaban J connectivity index is 1.99. The molecule has 0 radical (unpaired) electrons. The zero-order chi connectivity index (χ0) is 13.8. The van der Waals surface area contributed by atoms with Gasteiger partial charge in [-0.05, 0) is 37.1 Å². The summed E-state index contributed by atoms with van der Waals surface area (Å²) in [5.41, 5.74) is 0.922. The molecule has 1 saturated heterocycles. The standard InChI is InChI=1S/C14H18Cl2N2O/c1-18(14(19)10-3-2-6-17-8-10)9-11-4-5-12(15)7-13(11)16/h4-5,7,10,17H,2-3,6,8-9H2,1H3/t10-/m0/s1. The van der Waals surface area contributed by atoms with Crippen LogP contribution in [0.2, 0.25) is 10.0 Å². The van der Waals surface area contributed by atoms with Crippen molar-refractivity contribution in [2.75, 3.05) is 20.1 Å². The summed E-state index contributed by atoms with van der Waals surface area (Å²) in [6, 6.07) is 5.37. The normalized spacial score (nSPS) is 19.2. The average Bonchev–Trinajstić information content (AvgIpc) is 2.42. The number of nitrogens with one attached hydrogen (secondary N) is 1. The highest BCUT2D eigenvalue weighted by Crippen LogP contribution is 2.23. The first kappa shape index (κ1) is 14.6.